The summed E-state index contributed by atoms with van der Waals surface area (Å²) in [5, 5.41) is 6.50. The van der Waals surface area contributed by atoms with Gasteiger partial charge in [-0.15, -0.1) is 24.2 Å². The number of fused-ring (bicyclic) bond motifs is 1. The number of aromatic amines is 1. The van der Waals surface area contributed by atoms with Crippen molar-refractivity contribution in [3.63, 3.8) is 0 Å². The maximum atomic E-state index is 12.5. The summed E-state index contributed by atoms with van der Waals surface area (Å²) >= 11 is 1.58. The maximum Gasteiger partial charge on any atom is 0.259 e. The first kappa shape index (κ1) is 18.9. The van der Waals surface area contributed by atoms with E-state index in [0.29, 0.717) is 23.1 Å². The van der Waals surface area contributed by atoms with Crippen LogP contribution < -0.4 is 15.5 Å². The van der Waals surface area contributed by atoms with Gasteiger partial charge in [-0.05, 0) is 19.4 Å². The normalized spacial score (nSPS) is 20.4. The van der Waals surface area contributed by atoms with E-state index in [2.05, 4.69) is 30.6 Å². The predicted octanol–water partition coefficient (Wildman–Crippen LogP) is 1.43. The van der Waals surface area contributed by atoms with Crippen molar-refractivity contribution in [1.82, 2.24) is 30.6 Å². The first-order chi connectivity index (χ1) is 12.3. The molecule has 2 aliphatic rings. The Morgan fingerprint density at radius 3 is 3.12 bits per heavy atom. The monoisotopic (exact) mass is 395 g/mol. The highest BCUT2D eigenvalue weighted by Gasteiger charge is 2.22. The molecule has 2 aromatic heterocycles. The Kier molecular flexibility index (Phi) is 6.33. The lowest BCUT2D eigenvalue weighted by molar-refractivity contribution is -0.116. The van der Waals surface area contributed by atoms with E-state index < -0.39 is 0 Å². The molecule has 3 N–H and O–H groups in total. The van der Waals surface area contributed by atoms with Gasteiger partial charge in [0.05, 0.1) is 11.2 Å². The minimum atomic E-state index is -0.0191. The van der Waals surface area contributed by atoms with Crippen molar-refractivity contribution in [2.24, 2.45) is 0 Å². The summed E-state index contributed by atoms with van der Waals surface area (Å²) in [7, 11) is 0. The van der Waals surface area contributed by atoms with Crippen molar-refractivity contribution in [2.45, 2.75) is 25.3 Å². The highest BCUT2D eigenvalue weighted by atomic mass is 35.5. The standard InChI is InChI=1S/C16H21N7OS.ClH/c24-16(18-7-11-3-1-2-4-17-11)12-8-23(5-6-25-12)15-13-14(20-9-19-13)21-10-22-15;/h8-11,17H,1-7H2,(H,18,24)(H,19,20,21,22);1H/t11-;/m0./s1. The van der Waals surface area contributed by atoms with Crippen LogP contribution in [0.2, 0.25) is 0 Å². The van der Waals surface area contributed by atoms with Crippen LogP contribution in [0.4, 0.5) is 5.82 Å². The van der Waals surface area contributed by atoms with E-state index in [1.54, 1.807) is 18.1 Å². The van der Waals surface area contributed by atoms with Crippen molar-refractivity contribution >= 4 is 47.1 Å². The molecule has 4 heterocycles. The van der Waals surface area contributed by atoms with Crippen LogP contribution in [0.25, 0.3) is 11.2 Å². The number of nitrogens with one attached hydrogen (secondary N) is 3. The van der Waals surface area contributed by atoms with Gasteiger partial charge in [0.1, 0.15) is 6.33 Å². The third-order valence-corrected chi connectivity index (χ3v) is 5.47. The van der Waals surface area contributed by atoms with E-state index in [4.69, 9.17) is 0 Å². The molecule has 4 rings (SSSR count). The fourth-order valence-electron chi connectivity index (χ4n) is 3.15. The Morgan fingerprint density at radius 2 is 2.27 bits per heavy atom. The first-order valence-corrected chi connectivity index (χ1v) is 9.57. The molecule has 10 heteroatoms. The smallest absolute Gasteiger partial charge is 0.259 e. The predicted molar refractivity (Wildman–Crippen MR) is 105 cm³/mol. The Morgan fingerprint density at radius 1 is 1.35 bits per heavy atom. The maximum absolute atomic E-state index is 12.5. The number of piperidine rings is 1. The minimum Gasteiger partial charge on any atom is -0.350 e. The first-order valence-electron chi connectivity index (χ1n) is 8.58. The molecule has 26 heavy (non-hydrogen) atoms. The highest BCUT2D eigenvalue weighted by Crippen LogP contribution is 2.27. The van der Waals surface area contributed by atoms with Crippen LogP contribution in [-0.4, -0.2) is 57.3 Å². The van der Waals surface area contributed by atoms with Crippen LogP contribution in [0.1, 0.15) is 19.3 Å². The van der Waals surface area contributed by atoms with Crippen LogP contribution in [0, 0.1) is 0 Å². The number of imidazole rings is 1. The van der Waals surface area contributed by atoms with Crippen molar-refractivity contribution in [3.8, 4) is 0 Å². The fraction of sp³-hybridized carbons (Fsp3) is 0.500. The van der Waals surface area contributed by atoms with Gasteiger partial charge in [0, 0.05) is 31.1 Å². The Balaban J connectivity index is 0.00000196. The van der Waals surface area contributed by atoms with Crippen LogP contribution >= 0.6 is 24.2 Å². The molecule has 0 unspecified atom stereocenters. The second kappa shape index (κ2) is 8.70. The molecule has 1 fully saturated rings. The van der Waals surface area contributed by atoms with Crippen molar-refractivity contribution in [2.75, 3.05) is 30.3 Å². The van der Waals surface area contributed by atoms with Gasteiger partial charge in [0.25, 0.3) is 5.91 Å². The average Bonchev–Trinajstić information content (AvgIpc) is 3.16. The molecule has 0 saturated carbocycles. The van der Waals surface area contributed by atoms with Crippen LogP contribution in [0.5, 0.6) is 0 Å². The largest absolute Gasteiger partial charge is 0.350 e. The molecular weight excluding hydrogens is 374 g/mol. The van der Waals surface area contributed by atoms with Gasteiger partial charge in [-0.25, -0.2) is 15.0 Å². The van der Waals surface area contributed by atoms with Gasteiger partial charge < -0.3 is 20.5 Å². The fourth-order valence-corrected chi connectivity index (χ4v) is 4.06. The second-order valence-corrected chi connectivity index (χ2v) is 7.33. The second-order valence-electron chi connectivity index (χ2n) is 6.19. The van der Waals surface area contributed by atoms with Crippen molar-refractivity contribution < 1.29 is 4.79 Å². The average molecular weight is 396 g/mol. The molecule has 2 aromatic rings. The quantitative estimate of drug-likeness (QED) is 0.720. The molecule has 1 saturated heterocycles. The number of H-pyrrole nitrogens is 1. The zero-order chi connectivity index (χ0) is 17.1. The number of rotatable bonds is 4. The molecular formula is C16H22ClN7OS. The summed E-state index contributed by atoms with van der Waals surface area (Å²) in [4.78, 5) is 31.0. The molecule has 1 amide bonds. The molecule has 0 radical (unpaired) electrons. The lowest BCUT2D eigenvalue weighted by atomic mass is 10.1. The highest BCUT2D eigenvalue weighted by molar-refractivity contribution is 8.04. The van der Waals surface area contributed by atoms with Crippen molar-refractivity contribution in [3.05, 3.63) is 23.8 Å². The molecule has 0 aliphatic carbocycles. The number of hydrogen-bond acceptors (Lipinski definition) is 7. The number of hydrogen-bond donors (Lipinski definition) is 3. The van der Waals surface area contributed by atoms with Gasteiger partial charge in [0.2, 0.25) is 0 Å². The Bertz CT molecular complexity index is 790. The molecule has 0 bridgehead atoms. The third-order valence-electron chi connectivity index (χ3n) is 4.48. The molecule has 0 aromatic carbocycles. The number of thioether (sulfide) groups is 1. The zero-order valence-electron chi connectivity index (χ0n) is 14.3. The molecule has 0 spiro atoms. The number of halogens is 1. The summed E-state index contributed by atoms with van der Waals surface area (Å²) in [6, 6.07) is 0.383. The zero-order valence-corrected chi connectivity index (χ0v) is 15.9. The number of carbonyl (C=O) groups excluding carboxylic acids is 1. The van der Waals surface area contributed by atoms with Gasteiger partial charge in [-0.3, -0.25) is 4.79 Å². The lowest BCUT2D eigenvalue weighted by Gasteiger charge is -2.26. The summed E-state index contributed by atoms with van der Waals surface area (Å²) in [5.41, 5.74) is 1.42. The van der Waals surface area contributed by atoms with E-state index in [9.17, 15) is 4.79 Å². The van der Waals surface area contributed by atoms with Gasteiger partial charge >= 0.3 is 0 Å². The summed E-state index contributed by atoms with van der Waals surface area (Å²) < 4.78 is 0. The van der Waals surface area contributed by atoms with Crippen molar-refractivity contribution in [1.29, 1.82) is 0 Å². The lowest BCUT2D eigenvalue weighted by Crippen LogP contribution is -2.44. The molecule has 8 nitrogen and oxygen atoms in total. The summed E-state index contributed by atoms with van der Waals surface area (Å²) in [5.74, 6) is 1.54. The minimum absolute atomic E-state index is 0. The third kappa shape index (κ3) is 4.11. The van der Waals surface area contributed by atoms with E-state index in [1.807, 2.05) is 11.1 Å². The van der Waals surface area contributed by atoms with Crippen LogP contribution in [0.3, 0.4) is 0 Å². The van der Waals surface area contributed by atoms with E-state index in [1.165, 1.54) is 19.2 Å². The van der Waals surface area contributed by atoms with Crippen LogP contribution in [0.15, 0.2) is 23.8 Å². The molecule has 2 aliphatic heterocycles. The van der Waals surface area contributed by atoms with Gasteiger partial charge in [-0.1, -0.05) is 6.42 Å². The number of anilines is 1. The van der Waals surface area contributed by atoms with E-state index in [0.717, 1.165) is 36.6 Å². The van der Waals surface area contributed by atoms with Gasteiger partial charge in [0.15, 0.2) is 17.0 Å². The topological polar surface area (TPSA) is 98.8 Å². The number of amides is 1. The molecule has 1 atom stereocenters. The Hall–Kier alpha value is -1.84. The van der Waals surface area contributed by atoms with E-state index >= 15 is 0 Å². The number of nitrogens with zero attached hydrogens (tertiary/aromatic N) is 4. The van der Waals surface area contributed by atoms with Gasteiger partial charge in [-0.2, -0.15) is 0 Å². The summed E-state index contributed by atoms with van der Waals surface area (Å²) in [6.45, 7) is 2.50. The Labute approximate surface area is 162 Å². The van der Waals surface area contributed by atoms with E-state index in [-0.39, 0.29) is 18.3 Å². The SMILES string of the molecule is Cl.O=C(NC[C@@H]1CCCCN1)C1=CN(c2ncnc3[nH]cnc23)CCS1. The summed E-state index contributed by atoms with van der Waals surface area (Å²) in [6.07, 6.45) is 8.56. The molecule has 140 valence electrons. The number of carbonyl (C=O) groups is 1. The number of aromatic nitrogens is 4. The van der Waals surface area contributed by atoms with Crippen LogP contribution in [-0.2, 0) is 4.79 Å².